The zero-order valence-corrected chi connectivity index (χ0v) is 12.1. The monoisotopic (exact) mass is 251 g/mol. The molecule has 2 rings (SSSR count). The van der Waals surface area contributed by atoms with E-state index in [1.807, 2.05) is 11.3 Å². The molecule has 0 spiro atoms. The molecule has 0 amide bonds. The molecule has 1 aromatic rings. The van der Waals surface area contributed by atoms with E-state index in [1.54, 1.807) is 4.88 Å². The minimum Gasteiger partial charge on any atom is -0.309 e. The van der Waals surface area contributed by atoms with Crippen LogP contribution in [0.1, 0.15) is 55.3 Å². The van der Waals surface area contributed by atoms with Crippen LogP contribution in [0.3, 0.4) is 0 Å². The van der Waals surface area contributed by atoms with Crippen LogP contribution >= 0.6 is 11.3 Å². The molecule has 1 aromatic heterocycles. The van der Waals surface area contributed by atoms with Gasteiger partial charge < -0.3 is 5.32 Å². The van der Waals surface area contributed by atoms with Crippen LogP contribution in [-0.4, -0.2) is 6.54 Å². The minimum atomic E-state index is 0.603. The van der Waals surface area contributed by atoms with Gasteiger partial charge in [0, 0.05) is 15.8 Å². The molecule has 1 atom stereocenters. The van der Waals surface area contributed by atoms with Crippen molar-refractivity contribution >= 4 is 11.3 Å². The summed E-state index contributed by atoms with van der Waals surface area (Å²) in [7, 11) is 0. The average molecular weight is 251 g/mol. The highest BCUT2D eigenvalue weighted by molar-refractivity contribution is 7.12. The van der Waals surface area contributed by atoms with Crippen molar-refractivity contribution in [2.24, 2.45) is 11.8 Å². The fourth-order valence-electron chi connectivity index (χ4n) is 2.96. The number of rotatable bonds is 4. The van der Waals surface area contributed by atoms with Crippen LogP contribution in [0.2, 0.25) is 0 Å². The van der Waals surface area contributed by atoms with Gasteiger partial charge >= 0.3 is 0 Å². The Hall–Kier alpha value is -0.340. The second-order valence-electron chi connectivity index (χ2n) is 5.50. The number of hydrogen-bond acceptors (Lipinski definition) is 2. The Kier molecular flexibility index (Phi) is 4.63. The first-order chi connectivity index (χ1) is 8.20. The third kappa shape index (κ3) is 3.32. The van der Waals surface area contributed by atoms with Crippen molar-refractivity contribution in [2.75, 3.05) is 6.54 Å². The topological polar surface area (TPSA) is 12.0 Å². The van der Waals surface area contributed by atoms with Crippen molar-refractivity contribution < 1.29 is 0 Å². The van der Waals surface area contributed by atoms with E-state index in [-0.39, 0.29) is 0 Å². The molecule has 0 bridgehead atoms. The molecule has 1 aliphatic rings. The van der Waals surface area contributed by atoms with Crippen molar-refractivity contribution in [1.29, 1.82) is 0 Å². The van der Waals surface area contributed by atoms with E-state index in [0.717, 1.165) is 18.4 Å². The van der Waals surface area contributed by atoms with Crippen molar-refractivity contribution in [3.8, 4) is 0 Å². The summed E-state index contributed by atoms with van der Waals surface area (Å²) in [5.41, 5.74) is 0. The second-order valence-corrected chi connectivity index (χ2v) is 6.82. The van der Waals surface area contributed by atoms with Crippen LogP contribution < -0.4 is 5.32 Å². The zero-order valence-electron chi connectivity index (χ0n) is 11.3. The minimum absolute atomic E-state index is 0.603. The van der Waals surface area contributed by atoms with Crippen LogP contribution in [0.5, 0.6) is 0 Å². The van der Waals surface area contributed by atoms with Gasteiger partial charge in [-0.2, -0.15) is 0 Å². The fourth-order valence-corrected chi connectivity index (χ4v) is 4.01. The number of aryl methyl sites for hydroxylation is 1. The third-order valence-corrected chi connectivity index (χ3v) is 5.11. The van der Waals surface area contributed by atoms with E-state index in [2.05, 4.69) is 38.2 Å². The summed E-state index contributed by atoms with van der Waals surface area (Å²) >= 11 is 1.97. The lowest BCUT2D eigenvalue weighted by atomic mass is 9.79. The molecule has 1 nitrogen and oxygen atoms in total. The summed E-state index contributed by atoms with van der Waals surface area (Å²) in [6.45, 7) is 7.90. The molecule has 17 heavy (non-hydrogen) atoms. The molecule has 1 saturated carbocycles. The predicted molar refractivity (Wildman–Crippen MR) is 76.6 cm³/mol. The molecule has 1 N–H and O–H groups in total. The molecule has 2 heteroatoms. The molecule has 0 saturated heterocycles. The van der Waals surface area contributed by atoms with Crippen molar-refractivity contribution in [2.45, 2.75) is 52.5 Å². The van der Waals surface area contributed by atoms with Gasteiger partial charge in [-0.05, 0) is 50.3 Å². The lowest BCUT2D eigenvalue weighted by Gasteiger charge is -2.32. The molecule has 0 aliphatic heterocycles. The number of nitrogens with one attached hydrogen (secondary N) is 1. The maximum absolute atomic E-state index is 3.71. The SMILES string of the molecule is CCNC(c1ccc(C)s1)C1CCC(C)CC1. The Morgan fingerprint density at radius 2 is 2.00 bits per heavy atom. The molecule has 0 aromatic carbocycles. The smallest absolute Gasteiger partial charge is 0.0443 e. The summed E-state index contributed by atoms with van der Waals surface area (Å²) in [6, 6.07) is 5.19. The quantitative estimate of drug-likeness (QED) is 0.829. The van der Waals surface area contributed by atoms with Gasteiger partial charge in [-0.3, -0.25) is 0 Å². The highest BCUT2D eigenvalue weighted by atomic mass is 32.1. The van der Waals surface area contributed by atoms with Gasteiger partial charge in [-0.1, -0.05) is 26.7 Å². The van der Waals surface area contributed by atoms with E-state index in [4.69, 9.17) is 0 Å². The normalized spacial score (nSPS) is 27.0. The van der Waals surface area contributed by atoms with Gasteiger partial charge in [0.2, 0.25) is 0 Å². The molecule has 0 radical (unpaired) electrons. The molecule has 1 aliphatic carbocycles. The number of hydrogen-bond donors (Lipinski definition) is 1. The Morgan fingerprint density at radius 1 is 1.29 bits per heavy atom. The highest BCUT2D eigenvalue weighted by Gasteiger charge is 2.27. The lowest BCUT2D eigenvalue weighted by Crippen LogP contribution is -2.30. The van der Waals surface area contributed by atoms with Crippen molar-refractivity contribution in [3.63, 3.8) is 0 Å². The van der Waals surface area contributed by atoms with E-state index in [1.165, 1.54) is 30.6 Å². The van der Waals surface area contributed by atoms with Gasteiger partial charge in [-0.25, -0.2) is 0 Å². The first kappa shape index (κ1) is 13.1. The lowest BCUT2D eigenvalue weighted by molar-refractivity contribution is 0.235. The Labute approximate surface area is 110 Å². The molecule has 1 unspecified atom stereocenters. The summed E-state index contributed by atoms with van der Waals surface area (Å²) in [6.07, 6.45) is 5.62. The van der Waals surface area contributed by atoms with Crippen LogP contribution in [0.25, 0.3) is 0 Å². The van der Waals surface area contributed by atoms with E-state index in [0.29, 0.717) is 6.04 Å². The van der Waals surface area contributed by atoms with Crippen LogP contribution in [-0.2, 0) is 0 Å². The van der Waals surface area contributed by atoms with Gasteiger partial charge in [0.25, 0.3) is 0 Å². The predicted octanol–water partition coefficient (Wildman–Crippen LogP) is 4.53. The van der Waals surface area contributed by atoms with E-state index >= 15 is 0 Å². The molecule has 1 fully saturated rings. The van der Waals surface area contributed by atoms with Gasteiger partial charge in [0.15, 0.2) is 0 Å². The van der Waals surface area contributed by atoms with E-state index < -0.39 is 0 Å². The fraction of sp³-hybridized carbons (Fsp3) is 0.733. The van der Waals surface area contributed by atoms with Crippen LogP contribution in [0, 0.1) is 18.8 Å². The Balaban J connectivity index is 2.06. The number of thiophene rings is 1. The first-order valence-corrected chi connectivity index (χ1v) is 7.82. The second kappa shape index (κ2) is 6.01. The summed E-state index contributed by atoms with van der Waals surface area (Å²) < 4.78 is 0. The maximum atomic E-state index is 3.71. The summed E-state index contributed by atoms with van der Waals surface area (Å²) in [5, 5.41) is 3.71. The first-order valence-electron chi connectivity index (χ1n) is 7.00. The Bertz CT molecular complexity index is 336. The summed E-state index contributed by atoms with van der Waals surface area (Å²) in [5.74, 6) is 1.79. The zero-order chi connectivity index (χ0) is 12.3. The van der Waals surface area contributed by atoms with Crippen LogP contribution in [0.15, 0.2) is 12.1 Å². The van der Waals surface area contributed by atoms with Crippen LogP contribution in [0.4, 0.5) is 0 Å². The average Bonchev–Trinajstić information content (AvgIpc) is 2.74. The highest BCUT2D eigenvalue weighted by Crippen LogP contribution is 2.38. The largest absolute Gasteiger partial charge is 0.309 e. The maximum Gasteiger partial charge on any atom is 0.0443 e. The molecule has 1 heterocycles. The molecular weight excluding hydrogens is 226 g/mol. The Morgan fingerprint density at radius 3 is 2.53 bits per heavy atom. The summed E-state index contributed by atoms with van der Waals surface area (Å²) in [4.78, 5) is 2.98. The van der Waals surface area contributed by atoms with Crippen molar-refractivity contribution in [1.82, 2.24) is 5.32 Å². The molecule has 96 valence electrons. The standard InChI is InChI=1S/C15H25NS/c1-4-16-15(14-10-7-12(3)17-14)13-8-5-11(2)6-9-13/h7,10-11,13,15-16H,4-6,8-9H2,1-3H3. The van der Waals surface area contributed by atoms with Gasteiger partial charge in [0.1, 0.15) is 0 Å². The van der Waals surface area contributed by atoms with Crippen molar-refractivity contribution in [3.05, 3.63) is 21.9 Å². The molecular formula is C15H25NS. The van der Waals surface area contributed by atoms with Gasteiger partial charge in [0.05, 0.1) is 0 Å². The van der Waals surface area contributed by atoms with Gasteiger partial charge in [-0.15, -0.1) is 11.3 Å². The van der Waals surface area contributed by atoms with E-state index in [9.17, 15) is 0 Å². The third-order valence-electron chi connectivity index (χ3n) is 4.02.